The number of aliphatic hydroxyl groups excluding tert-OH is 1. The molecular formula is C10H11BrClNO2. The fraction of sp³-hybridized carbons (Fsp3) is 0.300. The van der Waals surface area contributed by atoms with Crippen molar-refractivity contribution in [3.05, 3.63) is 34.3 Å². The molecule has 1 aromatic carbocycles. The van der Waals surface area contributed by atoms with E-state index in [1.807, 2.05) is 12.1 Å². The zero-order chi connectivity index (χ0) is 11.3. The first kappa shape index (κ1) is 12.5. The van der Waals surface area contributed by atoms with E-state index in [1.165, 1.54) is 0 Å². The van der Waals surface area contributed by atoms with Crippen molar-refractivity contribution in [1.82, 2.24) is 5.32 Å². The zero-order valence-electron chi connectivity index (χ0n) is 7.91. The Hall–Kier alpha value is -0.580. The van der Waals surface area contributed by atoms with Gasteiger partial charge in [0, 0.05) is 11.0 Å². The molecule has 0 saturated heterocycles. The van der Waals surface area contributed by atoms with Crippen molar-refractivity contribution < 1.29 is 9.90 Å². The Bertz CT molecular complexity index is 329. The number of carbonyl (C=O) groups is 1. The van der Waals surface area contributed by atoms with E-state index < -0.39 is 6.10 Å². The van der Waals surface area contributed by atoms with Crippen LogP contribution in [0.2, 0.25) is 0 Å². The van der Waals surface area contributed by atoms with E-state index in [0.29, 0.717) is 0 Å². The van der Waals surface area contributed by atoms with Gasteiger partial charge in [-0.1, -0.05) is 28.1 Å². The number of halogens is 2. The zero-order valence-corrected chi connectivity index (χ0v) is 10.3. The number of benzene rings is 1. The number of aliphatic hydroxyl groups is 1. The molecule has 15 heavy (non-hydrogen) atoms. The van der Waals surface area contributed by atoms with Crippen molar-refractivity contribution in [1.29, 1.82) is 0 Å². The van der Waals surface area contributed by atoms with Crippen LogP contribution >= 0.6 is 27.5 Å². The van der Waals surface area contributed by atoms with Crippen LogP contribution in [0.1, 0.15) is 11.7 Å². The maximum Gasteiger partial charge on any atom is 0.235 e. The highest BCUT2D eigenvalue weighted by atomic mass is 79.9. The van der Waals surface area contributed by atoms with Crippen molar-refractivity contribution in [2.75, 3.05) is 12.4 Å². The van der Waals surface area contributed by atoms with Crippen LogP contribution in [0.25, 0.3) is 0 Å². The molecule has 0 aliphatic carbocycles. The van der Waals surface area contributed by atoms with Gasteiger partial charge in [0.15, 0.2) is 0 Å². The van der Waals surface area contributed by atoms with Crippen molar-refractivity contribution in [2.24, 2.45) is 0 Å². The molecule has 0 heterocycles. The van der Waals surface area contributed by atoms with Crippen molar-refractivity contribution in [3.8, 4) is 0 Å². The lowest BCUT2D eigenvalue weighted by molar-refractivity contribution is -0.119. The van der Waals surface area contributed by atoms with E-state index in [1.54, 1.807) is 12.1 Å². The number of alkyl halides is 1. The van der Waals surface area contributed by atoms with Crippen LogP contribution in [-0.4, -0.2) is 23.4 Å². The van der Waals surface area contributed by atoms with Crippen LogP contribution in [0.15, 0.2) is 28.7 Å². The molecule has 1 atom stereocenters. The summed E-state index contributed by atoms with van der Waals surface area (Å²) < 4.78 is 0.947. The van der Waals surface area contributed by atoms with Crippen LogP contribution < -0.4 is 5.32 Å². The standard InChI is InChI=1S/C10H11BrClNO2/c11-8-3-1-7(2-4-8)9(14)6-13-10(15)5-12/h1-4,9,14H,5-6H2,(H,13,15)/t9-/m0/s1. The van der Waals surface area contributed by atoms with Crippen molar-refractivity contribution >= 4 is 33.4 Å². The Labute approximate surface area is 102 Å². The smallest absolute Gasteiger partial charge is 0.235 e. The van der Waals surface area contributed by atoms with E-state index >= 15 is 0 Å². The number of rotatable bonds is 4. The summed E-state index contributed by atoms with van der Waals surface area (Å²) in [7, 11) is 0. The molecule has 0 fully saturated rings. The average molecular weight is 293 g/mol. The average Bonchev–Trinajstić information content (AvgIpc) is 2.26. The second-order valence-corrected chi connectivity index (χ2v) is 4.19. The lowest BCUT2D eigenvalue weighted by Gasteiger charge is -2.11. The van der Waals surface area contributed by atoms with Gasteiger partial charge in [0.05, 0.1) is 6.10 Å². The minimum atomic E-state index is -0.703. The quantitative estimate of drug-likeness (QED) is 0.832. The van der Waals surface area contributed by atoms with Gasteiger partial charge in [-0.05, 0) is 17.7 Å². The van der Waals surface area contributed by atoms with Crippen LogP contribution in [0.3, 0.4) is 0 Å². The molecule has 0 aliphatic heterocycles. The second kappa shape index (κ2) is 6.10. The maximum atomic E-state index is 10.8. The molecule has 0 spiro atoms. The van der Waals surface area contributed by atoms with Crippen LogP contribution in [0, 0.1) is 0 Å². The Morgan fingerprint density at radius 1 is 1.47 bits per heavy atom. The monoisotopic (exact) mass is 291 g/mol. The first-order chi connectivity index (χ1) is 7.13. The van der Waals surface area contributed by atoms with Crippen molar-refractivity contribution in [3.63, 3.8) is 0 Å². The van der Waals surface area contributed by atoms with Crippen molar-refractivity contribution in [2.45, 2.75) is 6.10 Å². The first-order valence-electron chi connectivity index (χ1n) is 4.39. The molecule has 0 aliphatic rings. The van der Waals surface area contributed by atoms with Gasteiger partial charge in [0.2, 0.25) is 5.91 Å². The predicted molar refractivity (Wildman–Crippen MR) is 62.8 cm³/mol. The number of carbonyl (C=O) groups excluding carboxylic acids is 1. The topological polar surface area (TPSA) is 49.3 Å². The maximum absolute atomic E-state index is 10.8. The summed E-state index contributed by atoms with van der Waals surface area (Å²) in [5, 5.41) is 12.2. The highest BCUT2D eigenvalue weighted by Crippen LogP contribution is 2.16. The lowest BCUT2D eigenvalue weighted by Crippen LogP contribution is -2.29. The largest absolute Gasteiger partial charge is 0.387 e. The molecule has 2 N–H and O–H groups in total. The SMILES string of the molecule is O=C(CCl)NC[C@H](O)c1ccc(Br)cc1. The van der Waals surface area contributed by atoms with E-state index in [0.717, 1.165) is 10.0 Å². The summed E-state index contributed by atoms with van der Waals surface area (Å²) >= 11 is 8.60. The van der Waals surface area contributed by atoms with Gasteiger partial charge in [0.25, 0.3) is 0 Å². The van der Waals surface area contributed by atoms with Gasteiger partial charge in [0.1, 0.15) is 5.88 Å². The Balaban J connectivity index is 2.50. The van der Waals surface area contributed by atoms with Crippen LogP contribution in [-0.2, 0) is 4.79 Å². The third kappa shape index (κ3) is 4.20. The molecule has 3 nitrogen and oxygen atoms in total. The molecule has 0 aromatic heterocycles. The van der Waals surface area contributed by atoms with E-state index in [2.05, 4.69) is 21.2 Å². The number of hydrogen-bond acceptors (Lipinski definition) is 2. The highest BCUT2D eigenvalue weighted by Gasteiger charge is 2.08. The van der Waals surface area contributed by atoms with Gasteiger partial charge < -0.3 is 10.4 Å². The predicted octanol–water partition coefficient (Wildman–Crippen LogP) is 1.84. The fourth-order valence-corrected chi connectivity index (χ4v) is 1.42. The second-order valence-electron chi connectivity index (χ2n) is 3.01. The summed E-state index contributed by atoms with van der Waals surface area (Å²) in [5.74, 6) is -0.375. The summed E-state index contributed by atoms with van der Waals surface area (Å²) in [5.41, 5.74) is 0.757. The lowest BCUT2D eigenvalue weighted by atomic mass is 10.1. The van der Waals surface area contributed by atoms with Crippen LogP contribution in [0.4, 0.5) is 0 Å². The van der Waals surface area contributed by atoms with E-state index in [9.17, 15) is 9.90 Å². The van der Waals surface area contributed by atoms with Gasteiger partial charge >= 0.3 is 0 Å². The molecule has 1 amide bonds. The summed E-state index contributed by atoms with van der Waals surface area (Å²) in [6, 6.07) is 7.26. The minimum Gasteiger partial charge on any atom is -0.387 e. The molecule has 5 heteroatoms. The number of amides is 1. The first-order valence-corrected chi connectivity index (χ1v) is 5.72. The molecule has 0 radical (unpaired) electrons. The van der Waals surface area contributed by atoms with E-state index in [4.69, 9.17) is 11.6 Å². The molecule has 82 valence electrons. The molecule has 0 unspecified atom stereocenters. The van der Waals surface area contributed by atoms with E-state index in [-0.39, 0.29) is 18.3 Å². The third-order valence-electron chi connectivity index (χ3n) is 1.87. The molecule has 1 aromatic rings. The minimum absolute atomic E-state index is 0.0902. The molecule has 1 rings (SSSR count). The molecule has 0 saturated carbocycles. The van der Waals surface area contributed by atoms with Gasteiger partial charge in [-0.3, -0.25) is 4.79 Å². The number of nitrogens with one attached hydrogen (secondary N) is 1. The molecular weight excluding hydrogens is 281 g/mol. The summed E-state index contributed by atoms with van der Waals surface area (Å²) in [4.78, 5) is 10.8. The van der Waals surface area contributed by atoms with Crippen LogP contribution in [0.5, 0.6) is 0 Å². The number of hydrogen-bond donors (Lipinski definition) is 2. The third-order valence-corrected chi connectivity index (χ3v) is 2.64. The molecule has 0 bridgehead atoms. The Morgan fingerprint density at radius 2 is 2.07 bits per heavy atom. The van der Waals surface area contributed by atoms with Gasteiger partial charge in [-0.25, -0.2) is 0 Å². The normalized spacial score (nSPS) is 12.2. The summed E-state index contributed by atoms with van der Waals surface area (Å²) in [6.07, 6.45) is -0.703. The fourth-order valence-electron chi connectivity index (χ4n) is 1.06. The Morgan fingerprint density at radius 3 is 2.60 bits per heavy atom. The highest BCUT2D eigenvalue weighted by molar-refractivity contribution is 9.10. The van der Waals surface area contributed by atoms with Gasteiger partial charge in [-0.2, -0.15) is 0 Å². The summed E-state index contributed by atoms with van der Waals surface area (Å²) in [6.45, 7) is 0.174. The Kier molecular flexibility index (Phi) is 5.08. The van der Waals surface area contributed by atoms with Gasteiger partial charge in [-0.15, -0.1) is 11.6 Å².